The van der Waals surface area contributed by atoms with Crippen molar-refractivity contribution in [3.8, 4) is 0 Å². The lowest BCUT2D eigenvalue weighted by molar-refractivity contribution is 0.0788. The van der Waals surface area contributed by atoms with E-state index in [9.17, 15) is 9.50 Å². The summed E-state index contributed by atoms with van der Waals surface area (Å²) in [7, 11) is 1.69. The van der Waals surface area contributed by atoms with E-state index >= 15 is 0 Å². The molecule has 1 atom stereocenters. The summed E-state index contributed by atoms with van der Waals surface area (Å²) in [5.41, 5.74) is 2.08. The van der Waals surface area contributed by atoms with Gasteiger partial charge in [0.1, 0.15) is 5.82 Å². The summed E-state index contributed by atoms with van der Waals surface area (Å²) in [6.45, 7) is 5.46. The molecule has 1 heterocycles. The van der Waals surface area contributed by atoms with Gasteiger partial charge in [0.25, 0.3) is 0 Å². The van der Waals surface area contributed by atoms with E-state index < -0.39 is 0 Å². The van der Waals surface area contributed by atoms with Crippen LogP contribution in [0.1, 0.15) is 31.0 Å². The van der Waals surface area contributed by atoms with Crippen LogP contribution in [-0.2, 0) is 17.8 Å². The van der Waals surface area contributed by atoms with Crippen LogP contribution in [0, 0.1) is 5.82 Å². The van der Waals surface area contributed by atoms with Gasteiger partial charge in [-0.15, -0.1) is 0 Å². The maximum absolute atomic E-state index is 13.4. The zero-order valence-electron chi connectivity index (χ0n) is 15.2. The van der Waals surface area contributed by atoms with Gasteiger partial charge in [-0.1, -0.05) is 25.5 Å². The third kappa shape index (κ3) is 6.61. The fourth-order valence-corrected chi connectivity index (χ4v) is 2.99. The topological polar surface area (TPSA) is 37.6 Å². The maximum atomic E-state index is 13.4. The fourth-order valence-electron chi connectivity index (χ4n) is 2.99. The van der Waals surface area contributed by atoms with Crippen LogP contribution in [0.25, 0.3) is 0 Å². The molecule has 0 aliphatic rings. The van der Waals surface area contributed by atoms with Gasteiger partial charge in [0.15, 0.2) is 0 Å². The third-order valence-electron chi connectivity index (χ3n) is 4.25. The van der Waals surface area contributed by atoms with E-state index in [0.29, 0.717) is 19.7 Å². The van der Waals surface area contributed by atoms with Crippen LogP contribution in [0.5, 0.6) is 0 Å². The highest BCUT2D eigenvalue weighted by Crippen LogP contribution is 2.12. The number of aliphatic hydroxyl groups excluding tert-OH is 1. The molecule has 0 amide bonds. The highest BCUT2D eigenvalue weighted by molar-refractivity contribution is 5.18. The highest BCUT2D eigenvalue weighted by atomic mass is 19.1. The molecule has 0 saturated carbocycles. The van der Waals surface area contributed by atoms with Crippen molar-refractivity contribution in [2.75, 3.05) is 26.8 Å². The molecule has 0 radical (unpaired) electrons. The van der Waals surface area contributed by atoms with Crippen molar-refractivity contribution in [3.63, 3.8) is 0 Å². The zero-order valence-corrected chi connectivity index (χ0v) is 15.2. The minimum absolute atomic E-state index is 0.212. The van der Waals surface area contributed by atoms with Gasteiger partial charge in [0.2, 0.25) is 0 Å². The molecule has 0 unspecified atom stereocenters. The lowest BCUT2D eigenvalue weighted by Gasteiger charge is -2.25. The predicted octanol–water partition coefficient (Wildman–Crippen LogP) is 3.28. The molecular weight excluding hydrogens is 319 g/mol. The largest absolute Gasteiger partial charge is 0.392 e. The molecule has 1 aromatic heterocycles. The van der Waals surface area contributed by atoms with Crippen molar-refractivity contribution in [2.24, 2.45) is 0 Å². The van der Waals surface area contributed by atoms with Gasteiger partial charge in [0.05, 0.1) is 12.7 Å². The molecule has 5 heteroatoms. The van der Waals surface area contributed by atoms with E-state index in [-0.39, 0.29) is 11.9 Å². The summed E-state index contributed by atoms with van der Waals surface area (Å²) in [5.74, 6) is -0.212. The lowest BCUT2D eigenvalue weighted by Crippen LogP contribution is -2.35. The Morgan fingerprint density at radius 2 is 2.12 bits per heavy atom. The molecule has 0 aliphatic carbocycles. The van der Waals surface area contributed by atoms with Crippen LogP contribution in [0.2, 0.25) is 0 Å². The average Bonchev–Trinajstić information content (AvgIpc) is 2.99. The van der Waals surface area contributed by atoms with Crippen LogP contribution >= 0.6 is 0 Å². The molecule has 25 heavy (non-hydrogen) atoms. The van der Waals surface area contributed by atoms with E-state index in [4.69, 9.17) is 4.74 Å². The summed E-state index contributed by atoms with van der Waals surface area (Å²) >= 11 is 0. The fraction of sp³-hybridized carbons (Fsp3) is 0.500. The molecule has 4 nitrogen and oxygen atoms in total. The highest BCUT2D eigenvalue weighted by Gasteiger charge is 2.13. The van der Waals surface area contributed by atoms with E-state index in [1.54, 1.807) is 19.2 Å². The summed E-state index contributed by atoms with van der Waals surface area (Å²) in [4.78, 5) is 2.21. The van der Waals surface area contributed by atoms with Crippen molar-refractivity contribution in [2.45, 2.75) is 39.0 Å². The summed E-state index contributed by atoms with van der Waals surface area (Å²) in [5, 5.41) is 10.2. The Morgan fingerprint density at radius 3 is 2.84 bits per heavy atom. The number of hydrogen-bond acceptors (Lipinski definition) is 3. The van der Waals surface area contributed by atoms with Crippen molar-refractivity contribution in [1.29, 1.82) is 0 Å². The van der Waals surface area contributed by atoms with Gasteiger partial charge < -0.3 is 14.4 Å². The van der Waals surface area contributed by atoms with Crippen molar-refractivity contribution in [1.82, 2.24) is 9.47 Å². The number of hydrogen-bond donors (Lipinski definition) is 1. The number of halogens is 1. The van der Waals surface area contributed by atoms with Crippen molar-refractivity contribution >= 4 is 0 Å². The Bertz CT molecular complexity index is 630. The van der Waals surface area contributed by atoms with E-state index in [0.717, 1.165) is 37.2 Å². The Hall–Kier alpha value is -1.69. The van der Waals surface area contributed by atoms with Crippen LogP contribution in [0.3, 0.4) is 0 Å². The standard InChI is InChI=1S/C20H29FN2O2/c1-3-6-20(24)16-22(11-12-25-2)15-19-9-5-10-23(19)14-17-7-4-8-18(21)13-17/h4-5,7-10,13,20,24H,3,6,11-12,14-16H2,1-2H3/t20-/m1/s1. The second-order valence-electron chi connectivity index (χ2n) is 6.43. The number of nitrogens with zero attached hydrogens (tertiary/aromatic N) is 2. The first-order chi connectivity index (χ1) is 12.1. The Balaban J connectivity index is 2.04. The summed E-state index contributed by atoms with van der Waals surface area (Å²) in [6, 6.07) is 10.8. The normalized spacial score (nSPS) is 12.7. The van der Waals surface area contributed by atoms with Crippen molar-refractivity contribution < 1.29 is 14.2 Å². The molecular formula is C20H29FN2O2. The molecule has 138 valence electrons. The average molecular weight is 348 g/mol. The molecule has 0 bridgehead atoms. The first-order valence-electron chi connectivity index (χ1n) is 8.90. The monoisotopic (exact) mass is 348 g/mol. The number of aromatic nitrogens is 1. The molecule has 2 rings (SSSR count). The van der Waals surface area contributed by atoms with Gasteiger partial charge in [-0.05, 0) is 36.2 Å². The Labute approximate surface area is 149 Å². The van der Waals surface area contributed by atoms with E-state index in [1.165, 1.54) is 6.07 Å². The minimum Gasteiger partial charge on any atom is -0.392 e. The Morgan fingerprint density at radius 1 is 1.28 bits per heavy atom. The molecule has 1 aromatic carbocycles. The van der Waals surface area contributed by atoms with Crippen LogP contribution in [0.15, 0.2) is 42.6 Å². The molecule has 0 aliphatic heterocycles. The van der Waals surface area contributed by atoms with Gasteiger partial charge in [0, 0.05) is 45.2 Å². The summed E-state index contributed by atoms with van der Waals surface area (Å²) < 4.78 is 20.7. The predicted molar refractivity (Wildman–Crippen MR) is 98.0 cm³/mol. The number of aliphatic hydroxyl groups is 1. The molecule has 0 saturated heterocycles. The van der Waals surface area contributed by atoms with Crippen LogP contribution < -0.4 is 0 Å². The Kier molecular flexibility index (Phi) is 8.12. The number of ether oxygens (including phenoxy) is 1. The van der Waals surface area contributed by atoms with Crippen molar-refractivity contribution in [3.05, 3.63) is 59.7 Å². The van der Waals surface area contributed by atoms with Crippen LogP contribution in [-0.4, -0.2) is 47.5 Å². The molecule has 0 fully saturated rings. The van der Waals surface area contributed by atoms with Gasteiger partial charge >= 0.3 is 0 Å². The third-order valence-corrected chi connectivity index (χ3v) is 4.25. The minimum atomic E-state index is -0.325. The first-order valence-corrected chi connectivity index (χ1v) is 8.90. The van der Waals surface area contributed by atoms with Crippen LogP contribution in [0.4, 0.5) is 4.39 Å². The van der Waals surface area contributed by atoms with Gasteiger partial charge in [-0.2, -0.15) is 0 Å². The second kappa shape index (κ2) is 10.3. The van der Waals surface area contributed by atoms with Gasteiger partial charge in [-0.3, -0.25) is 4.90 Å². The summed E-state index contributed by atoms with van der Waals surface area (Å²) in [6.07, 6.45) is 3.45. The lowest BCUT2D eigenvalue weighted by atomic mass is 10.2. The van der Waals surface area contributed by atoms with Gasteiger partial charge in [-0.25, -0.2) is 4.39 Å². The SMILES string of the molecule is CCC[C@@H](O)CN(CCOC)Cc1cccn1Cc1cccc(F)c1. The number of benzene rings is 1. The van der Waals surface area contributed by atoms with E-state index in [2.05, 4.69) is 22.5 Å². The molecule has 0 spiro atoms. The quantitative estimate of drug-likeness (QED) is 0.677. The smallest absolute Gasteiger partial charge is 0.123 e. The number of methoxy groups -OCH3 is 1. The second-order valence-corrected chi connectivity index (χ2v) is 6.43. The molecule has 2 aromatic rings. The van der Waals surface area contributed by atoms with E-state index in [1.807, 2.05) is 18.3 Å². The maximum Gasteiger partial charge on any atom is 0.123 e. The number of rotatable bonds is 11. The molecule has 1 N–H and O–H groups in total. The first kappa shape index (κ1) is 19.6. The zero-order chi connectivity index (χ0) is 18.1.